The van der Waals surface area contributed by atoms with Gasteiger partial charge in [-0.1, -0.05) is 42.0 Å². The maximum atomic E-state index is 12.7. The molecule has 3 aromatic rings. The van der Waals surface area contributed by atoms with Gasteiger partial charge in [0.25, 0.3) is 5.91 Å². The first-order valence-corrected chi connectivity index (χ1v) is 11.6. The molecule has 1 aliphatic carbocycles. The van der Waals surface area contributed by atoms with Gasteiger partial charge in [0.05, 0.1) is 5.56 Å². The molecule has 2 aromatic carbocycles. The second-order valence-electron chi connectivity index (χ2n) is 7.99. The summed E-state index contributed by atoms with van der Waals surface area (Å²) in [5, 5.41) is 22.4. The van der Waals surface area contributed by atoms with E-state index in [0.717, 1.165) is 47.3 Å². The monoisotopic (exact) mass is 453 g/mol. The molecule has 1 N–H and O–H groups in total. The lowest BCUT2D eigenvalue weighted by molar-refractivity contribution is -0.112. The van der Waals surface area contributed by atoms with E-state index in [-0.39, 0.29) is 5.57 Å². The van der Waals surface area contributed by atoms with Crippen molar-refractivity contribution in [3.05, 3.63) is 86.8 Å². The Balaban J connectivity index is 1.43. The maximum Gasteiger partial charge on any atom is 0.266 e. The highest BCUT2D eigenvalue weighted by Crippen LogP contribution is 2.37. The van der Waals surface area contributed by atoms with Crippen LogP contribution in [0.1, 0.15) is 45.5 Å². The van der Waals surface area contributed by atoms with Gasteiger partial charge >= 0.3 is 0 Å². The van der Waals surface area contributed by atoms with Gasteiger partial charge in [-0.15, -0.1) is 11.3 Å². The molecule has 0 fully saturated rings. The second kappa shape index (κ2) is 10.2. The maximum absolute atomic E-state index is 12.7. The van der Waals surface area contributed by atoms with Crippen LogP contribution < -0.4 is 10.1 Å². The van der Waals surface area contributed by atoms with Crippen LogP contribution in [0.3, 0.4) is 0 Å². The number of carbonyl (C=O) groups is 1. The highest BCUT2D eigenvalue weighted by molar-refractivity contribution is 7.16. The molecule has 1 heterocycles. The molecule has 0 radical (unpaired) electrons. The summed E-state index contributed by atoms with van der Waals surface area (Å²) in [6, 6.07) is 19.6. The number of thiophene rings is 1. The van der Waals surface area contributed by atoms with Gasteiger partial charge in [-0.05, 0) is 67.5 Å². The molecule has 6 heteroatoms. The molecule has 164 valence electrons. The second-order valence-corrected chi connectivity index (χ2v) is 9.10. The number of nitriles is 2. The Kier molecular flexibility index (Phi) is 6.88. The Morgan fingerprint density at radius 3 is 2.52 bits per heavy atom. The normalized spacial score (nSPS) is 12.9. The van der Waals surface area contributed by atoms with Crippen LogP contribution in [0.15, 0.2) is 54.1 Å². The first-order chi connectivity index (χ1) is 16.1. The van der Waals surface area contributed by atoms with Crippen molar-refractivity contribution in [2.75, 3.05) is 5.32 Å². The predicted molar refractivity (Wildman–Crippen MR) is 130 cm³/mol. The van der Waals surface area contributed by atoms with Crippen molar-refractivity contribution in [3.8, 4) is 17.9 Å². The lowest BCUT2D eigenvalue weighted by atomic mass is 9.96. The number of anilines is 1. The van der Waals surface area contributed by atoms with E-state index in [9.17, 15) is 15.3 Å². The zero-order chi connectivity index (χ0) is 23.2. The predicted octanol–water partition coefficient (Wildman–Crippen LogP) is 5.93. The highest BCUT2D eigenvalue weighted by Gasteiger charge is 2.22. The summed E-state index contributed by atoms with van der Waals surface area (Å²) in [5.74, 6) is 0.200. The van der Waals surface area contributed by atoms with Crippen molar-refractivity contribution >= 4 is 28.3 Å². The van der Waals surface area contributed by atoms with E-state index in [1.165, 1.54) is 16.9 Å². The summed E-state index contributed by atoms with van der Waals surface area (Å²) in [6.07, 6.45) is 5.49. The number of ether oxygens (including phenoxy) is 1. The van der Waals surface area contributed by atoms with E-state index >= 15 is 0 Å². The molecular formula is C27H23N3O2S. The average Bonchev–Trinajstić information content (AvgIpc) is 3.19. The molecule has 0 spiro atoms. The fourth-order valence-electron chi connectivity index (χ4n) is 3.77. The molecule has 1 aliphatic rings. The number of hydrogen-bond donors (Lipinski definition) is 1. The quantitative estimate of drug-likeness (QED) is 0.370. The van der Waals surface area contributed by atoms with Gasteiger partial charge in [-0.3, -0.25) is 4.79 Å². The number of aryl methyl sites for hydroxylation is 2. The van der Waals surface area contributed by atoms with Gasteiger partial charge in [0.2, 0.25) is 0 Å². The topological polar surface area (TPSA) is 85.9 Å². The van der Waals surface area contributed by atoms with Gasteiger partial charge in [0.15, 0.2) is 0 Å². The van der Waals surface area contributed by atoms with E-state index in [0.29, 0.717) is 22.9 Å². The highest BCUT2D eigenvalue weighted by atomic mass is 32.1. The smallest absolute Gasteiger partial charge is 0.266 e. The molecule has 0 unspecified atom stereocenters. The lowest BCUT2D eigenvalue weighted by Gasteiger charge is -2.09. The minimum absolute atomic E-state index is 0.0152. The SMILES string of the molecule is Cc1ccc(COc2ccc(/C=C(\C#N)C(=O)Nc3sc4c(c3C#N)CCCC4)cc2)cc1. The Bertz CT molecular complexity index is 1270. The number of hydrogen-bond acceptors (Lipinski definition) is 5. The van der Waals surface area contributed by atoms with E-state index in [1.54, 1.807) is 18.2 Å². The minimum Gasteiger partial charge on any atom is -0.489 e. The lowest BCUT2D eigenvalue weighted by Crippen LogP contribution is -2.13. The van der Waals surface area contributed by atoms with Crippen LogP contribution in [-0.2, 0) is 24.2 Å². The third-order valence-corrected chi connectivity index (χ3v) is 6.80. The van der Waals surface area contributed by atoms with Crippen LogP contribution in [0.25, 0.3) is 6.08 Å². The van der Waals surface area contributed by atoms with Gasteiger partial charge in [0.1, 0.15) is 35.1 Å². The minimum atomic E-state index is -0.507. The summed E-state index contributed by atoms with van der Waals surface area (Å²) in [4.78, 5) is 13.9. The molecule has 1 amide bonds. The van der Waals surface area contributed by atoms with Crippen molar-refractivity contribution < 1.29 is 9.53 Å². The summed E-state index contributed by atoms with van der Waals surface area (Å²) < 4.78 is 5.82. The molecular weight excluding hydrogens is 430 g/mol. The Hall–Kier alpha value is -3.87. The average molecular weight is 454 g/mol. The first-order valence-electron chi connectivity index (χ1n) is 10.8. The fraction of sp³-hybridized carbons (Fsp3) is 0.222. The largest absolute Gasteiger partial charge is 0.489 e. The zero-order valence-electron chi connectivity index (χ0n) is 18.4. The number of benzene rings is 2. The van der Waals surface area contributed by atoms with Crippen LogP contribution in [0, 0.1) is 29.6 Å². The number of rotatable bonds is 6. The first kappa shape index (κ1) is 22.3. The van der Waals surface area contributed by atoms with Crippen molar-refractivity contribution in [1.82, 2.24) is 0 Å². The number of nitrogens with zero attached hydrogens (tertiary/aromatic N) is 2. The van der Waals surface area contributed by atoms with E-state index < -0.39 is 5.91 Å². The van der Waals surface area contributed by atoms with E-state index in [4.69, 9.17) is 4.74 Å². The molecule has 0 saturated carbocycles. The number of fused-ring (bicyclic) bond motifs is 1. The third kappa shape index (κ3) is 5.31. The molecule has 0 aliphatic heterocycles. The molecule has 1 aromatic heterocycles. The van der Waals surface area contributed by atoms with Crippen LogP contribution in [-0.4, -0.2) is 5.91 Å². The standard InChI is InChI=1S/C27H23N3O2S/c1-18-6-8-20(9-7-18)17-32-22-12-10-19(11-13-22)14-21(15-28)26(31)30-27-24(16-29)23-4-2-3-5-25(23)33-27/h6-14H,2-5,17H2,1H3,(H,30,31)/b21-14+. The molecule has 0 bridgehead atoms. The fourth-order valence-corrected chi connectivity index (χ4v) is 5.00. The molecule has 4 rings (SSSR count). The van der Waals surface area contributed by atoms with E-state index in [2.05, 4.69) is 11.4 Å². The van der Waals surface area contributed by atoms with Crippen LogP contribution in [0.2, 0.25) is 0 Å². The van der Waals surface area contributed by atoms with Gasteiger partial charge in [-0.2, -0.15) is 10.5 Å². The van der Waals surface area contributed by atoms with Crippen molar-refractivity contribution in [2.45, 2.75) is 39.2 Å². The molecule has 0 atom stereocenters. The third-order valence-electron chi connectivity index (χ3n) is 5.59. The Morgan fingerprint density at radius 2 is 1.82 bits per heavy atom. The summed E-state index contributed by atoms with van der Waals surface area (Å²) >= 11 is 1.45. The van der Waals surface area contributed by atoms with Gasteiger partial charge < -0.3 is 10.1 Å². The van der Waals surface area contributed by atoms with Crippen LogP contribution in [0.5, 0.6) is 5.75 Å². The summed E-state index contributed by atoms with van der Waals surface area (Å²) in [6.45, 7) is 2.51. The Morgan fingerprint density at radius 1 is 1.09 bits per heavy atom. The Labute approximate surface area is 197 Å². The van der Waals surface area contributed by atoms with Gasteiger partial charge in [-0.25, -0.2) is 0 Å². The van der Waals surface area contributed by atoms with Crippen LogP contribution >= 0.6 is 11.3 Å². The van der Waals surface area contributed by atoms with Crippen molar-refractivity contribution in [2.24, 2.45) is 0 Å². The molecule has 33 heavy (non-hydrogen) atoms. The molecule has 5 nitrogen and oxygen atoms in total. The van der Waals surface area contributed by atoms with Crippen molar-refractivity contribution in [3.63, 3.8) is 0 Å². The van der Waals surface area contributed by atoms with Crippen molar-refractivity contribution in [1.29, 1.82) is 10.5 Å². The number of nitrogens with one attached hydrogen (secondary N) is 1. The number of amides is 1. The summed E-state index contributed by atoms with van der Waals surface area (Å²) in [7, 11) is 0. The zero-order valence-corrected chi connectivity index (χ0v) is 19.2. The molecule has 0 saturated heterocycles. The van der Waals surface area contributed by atoms with Gasteiger partial charge in [0, 0.05) is 4.88 Å². The van der Waals surface area contributed by atoms with Crippen LogP contribution in [0.4, 0.5) is 5.00 Å². The summed E-state index contributed by atoms with van der Waals surface area (Å²) in [5.41, 5.74) is 4.58. The van der Waals surface area contributed by atoms with E-state index in [1.807, 2.05) is 49.4 Å². The number of carbonyl (C=O) groups excluding carboxylic acids is 1.